The highest BCUT2D eigenvalue weighted by molar-refractivity contribution is 5.84. The van der Waals surface area contributed by atoms with Crippen molar-refractivity contribution in [2.45, 2.75) is 39.5 Å². The fraction of sp³-hybridized carbons (Fsp3) is 0.292. The maximum Gasteiger partial charge on any atom is 0.212 e. The van der Waals surface area contributed by atoms with Gasteiger partial charge in [-0.05, 0) is 53.3 Å². The summed E-state index contributed by atoms with van der Waals surface area (Å²) < 4.78 is 2.26. The van der Waals surface area contributed by atoms with Crippen molar-refractivity contribution in [3.63, 3.8) is 0 Å². The molecule has 0 saturated heterocycles. The van der Waals surface area contributed by atoms with Crippen LogP contribution in [0.25, 0.3) is 22.4 Å². The van der Waals surface area contributed by atoms with Crippen molar-refractivity contribution < 1.29 is 4.57 Å². The molecule has 0 bridgehead atoms. The van der Waals surface area contributed by atoms with Crippen molar-refractivity contribution in [1.29, 1.82) is 0 Å². The molecule has 0 amide bonds. The minimum absolute atomic E-state index is 0.0729. The van der Waals surface area contributed by atoms with Crippen LogP contribution < -0.4 is 4.57 Å². The molecular weight excluding hydrogens is 302 g/mol. The van der Waals surface area contributed by atoms with Crippen molar-refractivity contribution in [3.8, 4) is 22.4 Å². The van der Waals surface area contributed by atoms with Crippen LogP contribution in [0.4, 0.5) is 0 Å². The molecule has 0 fully saturated rings. The highest BCUT2D eigenvalue weighted by Gasteiger charge is 2.36. The third-order valence-corrected chi connectivity index (χ3v) is 5.81. The Bertz CT molecular complexity index is 979. The van der Waals surface area contributed by atoms with Crippen LogP contribution in [0.15, 0.2) is 54.7 Å². The molecule has 0 saturated carbocycles. The van der Waals surface area contributed by atoms with Gasteiger partial charge in [0.05, 0.1) is 0 Å². The summed E-state index contributed by atoms with van der Waals surface area (Å²) in [6.07, 6.45) is 3.32. The maximum atomic E-state index is 2.40. The summed E-state index contributed by atoms with van der Waals surface area (Å²) in [4.78, 5) is 0. The standard InChI is InChI=1S/C24H26N/c1-6-17-11-12-23(25(5)15-17)19-14-20-18-9-7-8-10-21(18)24(3,4)22(20)13-16(19)2/h7-15H,6H2,1-5H3/q+1. The molecule has 1 nitrogen and oxygen atoms in total. The Labute approximate surface area is 151 Å². The highest BCUT2D eigenvalue weighted by Crippen LogP contribution is 2.49. The van der Waals surface area contributed by atoms with Crippen LogP contribution in [-0.2, 0) is 18.9 Å². The summed E-state index contributed by atoms with van der Waals surface area (Å²) in [5.74, 6) is 0. The molecule has 4 rings (SSSR count). The fourth-order valence-electron chi connectivity index (χ4n) is 4.29. The Morgan fingerprint density at radius 3 is 2.36 bits per heavy atom. The van der Waals surface area contributed by atoms with Gasteiger partial charge in [-0.15, -0.1) is 0 Å². The minimum atomic E-state index is 0.0729. The second kappa shape index (κ2) is 5.56. The first-order valence-electron chi connectivity index (χ1n) is 9.17. The van der Waals surface area contributed by atoms with Crippen molar-refractivity contribution in [3.05, 3.63) is 77.0 Å². The Morgan fingerprint density at radius 2 is 1.64 bits per heavy atom. The van der Waals surface area contributed by atoms with Gasteiger partial charge in [0.2, 0.25) is 5.69 Å². The molecule has 2 aromatic carbocycles. The molecule has 3 aromatic rings. The molecule has 126 valence electrons. The number of rotatable bonds is 2. The molecule has 1 aromatic heterocycles. The Morgan fingerprint density at radius 1 is 0.880 bits per heavy atom. The summed E-state index contributed by atoms with van der Waals surface area (Å²) in [5.41, 5.74) is 11.1. The van der Waals surface area contributed by atoms with Crippen LogP contribution in [0.1, 0.15) is 43.0 Å². The maximum absolute atomic E-state index is 2.40. The lowest BCUT2D eigenvalue weighted by atomic mass is 9.81. The van der Waals surface area contributed by atoms with Crippen LogP contribution in [0.3, 0.4) is 0 Å². The van der Waals surface area contributed by atoms with Crippen LogP contribution in [0.5, 0.6) is 0 Å². The van der Waals surface area contributed by atoms with Gasteiger partial charge >= 0.3 is 0 Å². The molecule has 1 aliphatic rings. The molecule has 0 radical (unpaired) electrons. The Hall–Kier alpha value is -2.41. The zero-order valence-corrected chi connectivity index (χ0v) is 15.9. The molecule has 1 aliphatic carbocycles. The normalized spacial score (nSPS) is 14.3. The molecule has 1 heteroatoms. The van der Waals surface area contributed by atoms with E-state index in [-0.39, 0.29) is 5.41 Å². The summed E-state index contributed by atoms with van der Waals surface area (Å²) >= 11 is 0. The zero-order valence-electron chi connectivity index (χ0n) is 15.9. The first-order chi connectivity index (χ1) is 11.9. The van der Waals surface area contributed by atoms with Gasteiger partial charge in [-0.3, -0.25) is 0 Å². The number of benzene rings is 2. The molecular formula is C24H26N+. The van der Waals surface area contributed by atoms with E-state index in [1.165, 1.54) is 44.6 Å². The van der Waals surface area contributed by atoms with Gasteiger partial charge < -0.3 is 0 Å². The van der Waals surface area contributed by atoms with Gasteiger partial charge in [-0.1, -0.05) is 51.1 Å². The predicted octanol–water partition coefficient (Wildman–Crippen LogP) is 5.36. The number of nitrogens with zero attached hydrogens (tertiary/aromatic N) is 1. The van der Waals surface area contributed by atoms with E-state index >= 15 is 0 Å². The monoisotopic (exact) mass is 328 g/mol. The Kier molecular flexibility index (Phi) is 3.57. The molecule has 0 N–H and O–H groups in total. The van der Waals surface area contributed by atoms with Crippen molar-refractivity contribution in [2.24, 2.45) is 7.05 Å². The summed E-state index contributed by atoms with van der Waals surface area (Å²) in [7, 11) is 2.15. The van der Waals surface area contributed by atoms with E-state index in [4.69, 9.17) is 0 Å². The summed E-state index contributed by atoms with van der Waals surface area (Å²) in [5, 5.41) is 0. The smallest absolute Gasteiger partial charge is 0.201 e. The van der Waals surface area contributed by atoms with Gasteiger partial charge in [0.1, 0.15) is 7.05 Å². The van der Waals surface area contributed by atoms with E-state index in [0.29, 0.717) is 0 Å². The average molecular weight is 328 g/mol. The van der Waals surface area contributed by atoms with Gasteiger partial charge in [0.25, 0.3) is 0 Å². The SMILES string of the molecule is CCc1ccc(-c2cc3c(cc2C)C(C)(C)c2ccccc2-3)[n+](C)c1. The minimum Gasteiger partial charge on any atom is -0.201 e. The first-order valence-corrected chi connectivity index (χ1v) is 9.17. The first kappa shape index (κ1) is 16.1. The van der Waals surface area contributed by atoms with Crippen LogP contribution in [-0.4, -0.2) is 0 Å². The summed E-state index contributed by atoms with van der Waals surface area (Å²) in [6.45, 7) is 9.12. The lowest BCUT2D eigenvalue weighted by Crippen LogP contribution is -2.31. The molecule has 25 heavy (non-hydrogen) atoms. The molecule has 0 atom stereocenters. The third kappa shape index (κ3) is 2.33. The number of hydrogen-bond acceptors (Lipinski definition) is 0. The second-order valence-corrected chi connectivity index (χ2v) is 7.77. The van der Waals surface area contributed by atoms with E-state index in [0.717, 1.165) is 6.42 Å². The quantitative estimate of drug-likeness (QED) is 0.558. The topological polar surface area (TPSA) is 3.88 Å². The number of aromatic nitrogens is 1. The number of aryl methyl sites for hydroxylation is 3. The fourth-order valence-corrected chi connectivity index (χ4v) is 4.29. The van der Waals surface area contributed by atoms with E-state index in [1.807, 2.05) is 0 Å². The zero-order chi connectivity index (χ0) is 17.8. The van der Waals surface area contributed by atoms with E-state index < -0.39 is 0 Å². The lowest BCUT2D eigenvalue weighted by molar-refractivity contribution is -0.660. The van der Waals surface area contributed by atoms with Crippen molar-refractivity contribution >= 4 is 0 Å². The number of fused-ring (bicyclic) bond motifs is 3. The molecule has 0 unspecified atom stereocenters. The molecule has 1 heterocycles. The predicted molar refractivity (Wildman–Crippen MR) is 105 cm³/mol. The lowest BCUT2D eigenvalue weighted by Gasteiger charge is -2.22. The van der Waals surface area contributed by atoms with Gasteiger partial charge in [-0.25, -0.2) is 4.57 Å². The van der Waals surface area contributed by atoms with Crippen molar-refractivity contribution in [1.82, 2.24) is 0 Å². The average Bonchev–Trinajstić information content (AvgIpc) is 2.82. The van der Waals surface area contributed by atoms with E-state index in [1.54, 1.807) is 0 Å². The van der Waals surface area contributed by atoms with Crippen LogP contribution >= 0.6 is 0 Å². The van der Waals surface area contributed by atoms with Crippen molar-refractivity contribution in [2.75, 3.05) is 0 Å². The molecule has 0 aliphatic heterocycles. The highest BCUT2D eigenvalue weighted by atomic mass is 14.9. The van der Waals surface area contributed by atoms with E-state index in [2.05, 4.69) is 94.0 Å². The molecule has 0 spiro atoms. The van der Waals surface area contributed by atoms with Crippen LogP contribution in [0.2, 0.25) is 0 Å². The number of hydrogen-bond donors (Lipinski definition) is 0. The number of pyridine rings is 1. The van der Waals surface area contributed by atoms with Gasteiger partial charge in [0.15, 0.2) is 6.20 Å². The van der Waals surface area contributed by atoms with Gasteiger partial charge in [0, 0.05) is 22.6 Å². The van der Waals surface area contributed by atoms with Gasteiger partial charge in [-0.2, -0.15) is 0 Å². The summed E-state index contributed by atoms with van der Waals surface area (Å²) in [6, 6.07) is 18.2. The third-order valence-electron chi connectivity index (χ3n) is 5.81. The van der Waals surface area contributed by atoms with E-state index in [9.17, 15) is 0 Å². The van der Waals surface area contributed by atoms with Crippen LogP contribution in [0, 0.1) is 6.92 Å². The largest absolute Gasteiger partial charge is 0.212 e. The Balaban J connectivity index is 1.96. The second-order valence-electron chi connectivity index (χ2n) is 7.77.